The van der Waals surface area contributed by atoms with E-state index in [-0.39, 0.29) is 24.9 Å². The standard InChI is InChI=1S/C20H25N3O3/c1-15-7-8-18-16(11-15)5-3-9-23(18)14-20(25)22(2)13-19(24)21-12-17-6-4-10-26-17/h4,6-8,10-11H,3,5,9,12-14H2,1-2H3,(H,21,24). The SMILES string of the molecule is Cc1ccc2c(c1)CCCN2CC(=O)N(C)CC(=O)NCc1ccco1. The monoisotopic (exact) mass is 355 g/mol. The fourth-order valence-electron chi connectivity index (χ4n) is 3.21. The van der Waals surface area contributed by atoms with Gasteiger partial charge in [0.2, 0.25) is 11.8 Å². The smallest absolute Gasteiger partial charge is 0.242 e. The van der Waals surface area contributed by atoms with Crippen molar-refractivity contribution < 1.29 is 14.0 Å². The van der Waals surface area contributed by atoms with Gasteiger partial charge in [0.15, 0.2) is 0 Å². The predicted molar refractivity (Wildman–Crippen MR) is 99.9 cm³/mol. The number of rotatable bonds is 6. The summed E-state index contributed by atoms with van der Waals surface area (Å²) < 4.78 is 5.18. The highest BCUT2D eigenvalue weighted by atomic mass is 16.3. The van der Waals surface area contributed by atoms with Crippen molar-refractivity contribution in [1.82, 2.24) is 10.2 Å². The molecular weight excluding hydrogens is 330 g/mol. The van der Waals surface area contributed by atoms with Crippen LogP contribution in [0.15, 0.2) is 41.0 Å². The first-order chi connectivity index (χ1) is 12.5. The molecule has 138 valence electrons. The summed E-state index contributed by atoms with van der Waals surface area (Å²) in [6.07, 6.45) is 3.65. The van der Waals surface area contributed by atoms with Crippen LogP contribution < -0.4 is 10.2 Å². The molecule has 0 unspecified atom stereocenters. The zero-order chi connectivity index (χ0) is 18.5. The first-order valence-corrected chi connectivity index (χ1v) is 8.90. The van der Waals surface area contributed by atoms with Crippen LogP contribution in [0, 0.1) is 6.92 Å². The molecule has 1 aliphatic rings. The third-order valence-corrected chi connectivity index (χ3v) is 4.62. The molecule has 1 N–H and O–H groups in total. The van der Waals surface area contributed by atoms with E-state index in [0.717, 1.165) is 25.1 Å². The van der Waals surface area contributed by atoms with E-state index in [1.807, 2.05) is 0 Å². The van der Waals surface area contributed by atoms with Crippen LogP contribution in [0.1, 0.15) is 23.3 Å². The molecule has 26 heavy (non-hydrogen) atoms. The van der Waals surface area contributed by atoms with Crippen molar-refractivity contribution in [2.24, 2.45) is 0 Å². The Hall–Kier alpha value is -2.76. The number of carbonyl (C=O) groups is 2. The largest absolute Gasteiger partial charge is 0.467 e. The summed E-state index contributed by atoms with van der Waals surface area (Å²) in [6.45, 7) is 3.60. The minimum absolute atomic E-state index is 0.0359. The zero-order valence-corrected chi connectivity index (χ0v) is 15.3. The van der Waals surface area contributed by atoms with Crippen LogP contribution in [0.2, 0.25) is 0 Å². The molecule has 6 nitrogen and oxygen atoms in total. The summed E-state index contributed by atoms with van der Waals surface area (Å²) in [5.41, 5.74) is 3.66. The van der Waals surface area contributed by atoms with Gasteiger partial charge in [-0.2, -0.15) is 0 Å². The lowest BCUT2D eigenvalue weighted by Gasteiger charge is -2.32. The Morgan fingerprint density at radius 1 is 1.31 bits per heavy atom. The number of nitrogens with one attached hydrogen (secondary N) is 1. The third kappa shape index (κ3) is 4.45. The quantitative estimate of drug-likeness (QED) is 0.862. The Morgan fingerprint density at radius 2 is 2.15 bits per heavy atom. The Labute approximate surface area is 153 Å². The normalized spacial score (nSPS) is 13.2. The van der Waals surface area contributed by atoms with E-state index in [1.54, 1.807) is 25.4 Å². The average Bonchev–Trinajstić information content (AvgIpc) is 3.13. The van der Waals surface area contributed by atoms with Crippen LogP contribution in [0.25, 0.3) is 0 Å². The highest BCUT2D eigenvalue weighted by molar-refractivity contribution is 5.87. The number of furan rings is 1. The second-order valence-corrected chi connectivity index (χ2v) is 6.76. The van der Waals surface area contributed by atoms with Gasteiger partial charge in [-0.25, -0.2) is 0 Å². The van der Waals surface area contributed by atoms with E-state index in [9.17, 15) is 9.59 Å². The first kappa shape index (κ1) is 18.0. The van der Waals surface area contributed by atoms with Crippen molar-refractivity contribution in [2.75, 3.05) is 31.6 Å². The molecule has 3 rings (SSSR count). The van der Waals surface area contributed by atoms with Crippen molar-refractivity contribution in [3.8, 4) is 0 Å². The highest BCUT2D eigenvalue weighted by Crippen LogP contribution is 2.27. The predicted octanol–water partition coefficient (Wildman–Crippen LogP) is 2.12. The second-order valence-electron chi connectivity index (χ2n) is 6.76. The minimum atomic E-state index is -0.202. The number of benzene rings is 1. The Bertz CT molecular complexity index is 771. The Kier molecular flexibility index (Phi) is 5.61. The molecule has 0 atom stereocenters. The van der Waals surface area contributed by atoms with E-state index in [1.165, 1.54) is 16.0 Å². The van der Waals surface area contributed by atoms with Crippen LogP contribution in [-0.2, 0) is 22.6 Å². The van der Waals surface area contributed by atoms with Crippen LogP contribution in [0.5, 0.6) is 0 Å². The fourth-order valence-corrected chi connectivity index (χ4v) is 3.21. The number of fused-ring (bicyclic) bond motifs is 1. The van der Waals surface area contributed by atoms with Crippen molar-refractivity contribution in [3.63, 3.8) is 0 Å². The highest BCUT2D eigenvalue weighted by Gasteiger charge is 2.21. The maximum atomic E-state index is 12.5. The van der Waals surface area contributed by atoms with Gasteiger partial charge < -0.3 is 19.5 Å². The molecule has 0 saturated carbocycles. The molecular formula is C20H25N3O3. The molecule has 0 spiro atoms. The maximum Gasteiger partial charge on any atom is 0.242 e. The number of hydrogen-bond donors (Lipinski definition) is 1. The summed E-state index contributed by atoms with van der Waals surface area (Å²) in [4.78, 5) is 28.1. The van der Waals surface area contributed by atoms with Crippen LogP contribution in [-0.4, -0.2) is 43.4 Å². The summed E-state index contributed by atoms with van der Waals surface area (Å²) >= 11 is 0. The zero-order valence-electron chi connectivity index (χ0n) is 15.3. The van der Waals surface area contributed by atoms with E-state index in [0.29, 0.717) is 12.3 Å². The summed E-state index contributed by atoms with van der Waals surface area (Å²) in [6, 6.07) is 9.93. The number of carbonyl (C=O) groups excluding carboxylic acids is 2. The van der Waals surface area contributed by atoms with Gasteiger partial charge in [-0.15, -0.1) is 0 Å². The molecule has 0 aliphatic carbocycles. The van der Waals surface area contributed by atoms with Gasteiger partial charge in [-0.05, 0) is 43.5 Å². The molecule has 0 bridgehead atoms. The number of nitrogens with zero attached hydrogens (tertiary/aromatic N) is 2. The minimum Gasteiger partial charge on any atom is -0.467 e. The second kappa shape index (κ2) is 8.08. The Balaban J connectivity index is 1.52. The van der Waals surface area contributed by atoms with E-state index < -0.39 is 0 Å². The van der Waals surface area contributed by atoms with Crippen molar-refractivity contribution in [3.05, 3.63) is 53.5 Å². The average molecular weight is 355 g/mol. The van der Waals surface area contributed by atoms with Gasteiger partial charge in [-0.1, -0.05) is 17.7 Å². The van der Waals surface area contributed by atoms with Crippen molar-refractivity contribution >= 4 is 17.5 Å². The van der Waals surface area contributed by atoms with Crippen LogP contribution in [0.4, 0.5) is 5.69 Å². The molecule has 1 aliphatic heterocycles. The molecule has 1 aromatic heterocycles. The molecule has 2 heterocycles. The van der Waals surface area contributed by atoms with E-state index in [4.69, 9.17) is 4.42 Å². The molecule has 6 heteroatoms. The van der Waals surface area contributed by atoms with Crippen LogP contribution in [0.3, 0.4) is 0 Å². The molecule has 1 aromatic carbocycles. The number of amides is 2. The lowest BCUT2D eigenvalue weighted by molar-refractivity contribution is -0.133. The van der Waals surface area contributed by atoms with Gasteiger partial charge in [0, 0.05) is 19.3 Å². The number of hydrogen-bond acceptors (Lipinski definition) is 4. The first-order valence-electron chi connectivity index (χ1n) is 8.90. The molecule has 0 saturated heterocycles. The Morgan fingerprint density at radius 3 is 2.92 bits per heavy atom. The van der Waals surface area contributed by atoms with Gasteiger partial charge in [0.1, 0.15) is 5.76 Å². The topological polar surface area (TPSA) is 65.8 Å². The number of aryl methyl sites for hydroxylation is 2. The lowest BCUT2D eigenvalue weighted by atomic mass is 9.99. The summed E-state index contributed by atoms with van der Waals surface area (Å²) in [7, 11) is 1.66. The number of anilines is 1. The fraction of sp³-hybridized carbons (Fsp3) is 0.400. The maximum absolute atomic E-state index is 12.5. The van der Waals surface area contributed by atoms with E-state index >= 15 is 0 Å². The summed E-state index contributed by atoms with van der Waals surface area (Å²) in [5.74, 6) is 0.422. The van der Waals surface area contributed by atoms with Crippen LogP contribution >= 0.6 is 0 Å². The van der Waals surface area contributed by atoms with Gasteiger partial charge >= 0.3 is 0 Å². The summed E-state index contributed by atoms with van der Waals surface area (Å²) in [5, 5.41) is 2.76. The molecule has 0 fully saturated rings. The van der Waals surface area contributed by atoms with Gasteiger partial charge in [0.25, 0.3) is 0 Å². The van der Waals surface area contributed by atoms with Gasteiger partial charge in [-0.3, -0.25) is 9.59 Å². The van der Waals surface area contributed by atoms with E-state index in [2.05, 4.69) is 35.3 Å². The number of likely N-dealkylation sites (N-methyl/N-ethyl adjacent to an activating group) is 1. The molecule has 2 amide bonds. The lowest BCUT2D eigenvalue weighted by Crippen LogP contribution is -2.44. The molecule has 2 aromatic rings. The third-order valence-electron chi connectivity index (χ3n) is 4.62. The van der Waals surface area contributed by atoms with Gasteiger partial charge in [0.05, 0.1) is 25.9 Å². The molecule has 0 radical (unpaired) electrons. The van der Waals surface area contributed by atoms with Crippen molar-refractivity contribution in [1.29, 1.82) is 0 Å². The van der Waals surface area contributed by atoms with Crippen molar-refractivity contribution in [2.45, 2.75) is 26.3 Å².